The van der Waals surface area contributed by atoms with Crippen LogP contribution in [0, 0.1) is 0 Å². The van der Waals surface area contributed by atoms with Gasteiger partial charge in [0.15, 0.2) is 0 Å². The molecule has 2 heterocycles. The van der Waals surface area contributed by atoms with Crippen LogP contribution in [0.2, 0.25) is 0 Å². The van der Waals surface area contributed by atoms with E-state index in [1.54, 1.807) is 31.1 Å². The molecule has 0 saturated carbocycles. The molecule has 0 unspecified atom stereocenters. The van der Waals surface area contributed by atoms with E-state index in [0.29, 0.717) is 24.3 Å². The monoisotopic (exact) mass is 310 g/mol. The third kappa shape index (κ3) is 3.26. The van der Waals surface area contributed by atoms with Crippen molar-refractivity contribution in [2.75, 3.05) is 13.7 Å². The first-order chi connectivity index (χ1) is 10.2. The van der Waals surface area contributed by atoms with Gasteiger partial charge in [-0.15, -0.1) is 0 Å². The van der Waals surface area contributed by atoms with E-state index in [1.807, 2.05) is 27.7 Å². The second-order valence-electron chi connectivity index (χ2n) is 6.55. The summed E-state index contributed by atoms with van der Waals surface area (Å²) in [6.45, 7) is 10.5. The Morgan fingerprint density at radius 2 is 1.91 bits per heavy atom. The van der Waals surface area contributed by atoms with E-state index in [2.05, 4.69) is 5.10 Å². The van der Waals surface area contributed by atoms with Crippen LogP contribution in [0.15, 0.2) is 18.1 Å². The molecule has 0 aromatic carbocycles. The maximum Gasteiger partial charge on any atom is 0.525 e. The third-order valence-corrected chi connectivity index (χ3v) is 4.41. The minimum absolute atomic E-state index is 0.412. The van der Waals surface area contributed by atoms with Gasteiger partial charge in [-0.2, -0.15) is 5.10 Å². The van der Waals surface area contributed by atoms with Crippen LogP contribution in [-0.2, 0) is 20.6 Å². The Labute approximate surface area is 131 Å². The first kappa shape index (κ1) is 17.2. The molecule has 0 spiro atoms. The molecule has 0 bridgehead atoms. The fraction of sp³-hybridized carbons (Fsp3) is 0.667. The number of methoxy groups -OCH3 is 1. The van der Waals surface area contributed by atoms with Gasteiger partial charge in [0.2, 0.25) is 0 Å². The quantitative estimate of drug-likeness (QED) is 0.785. The van der Waals surface area contributed by atoms with Gasteiger partial charge in [0.1, 0.15) is 5.73 Å². The number of hydrogen-bond acceptors (Lipinski definition) is 4. The number of halogens is 1. The summed E-state index contributed by atoms with van der Waals surface area (Å²) in [7, 11) is 0.653. The van der Waals surface area contributed by atoms with E-state index >= 15 is 0 Å². The van der Waals surface area contributed by atoms with Gasteiger partial charge in [-0.3, -0.25) is 4.68 Å². The molecule has 1 aromatic rings. The van der Waals surface area contributed by atoms with E-state index in [9.17, 15) is 4.39 Å². The van der Waals surface area contributed by atoms with E-state index in [-0.39, 0.29) is 0 Å². The van der Waals surface area contributed by atoms with Gasteiger partial charge in [0.05, 0.1) is 30.6 Å². The van der Waals surface area contributed by atoms with Crippen molar-refractivity contribution < 1.29 is 18.4 Å². The zero-order chi connectivity index (χ0) is 16.5. The van der Waals surface area contributed by atoms with Crippen LogP contribution in [0.25, 0.3) is 5.57 Å². The van der Waals surface area contributed by atoms with Gasteiger partial charge in [0.25, 0.3) is 0 Å². The Kier molecular flexibility index (Phi) is 4.80. The van der Waals surface area contributed by atoms with Gasteiger partial charge in [-0.05, 0) is 40.2 Å². The molecule has 1 aliphatic rings. The summed E-state index contributed by atoms with van der Waals surface area (Å²) in [6.07, 6.45) is 3.43. The number of aromatic nitrogens is 2. The molecule has 0 aliphatic carbocycles. The SMILES string of the molecule is COCCn1cc(C(C)=C(F)B2OC(C)(C)C(C)(C)O2)cn1. The molecule has 0 N–H and O–H groups in total. The summed E-state index contributed by atoms with van der Waals surface area (Å²) in [6, 6.07) is 0. The number of allylic oxidation sites excluding steroid dienone is 1. The molecule has 7 heteroatoms. The first-order valence-electron chi connectivity index (χ1n) is 7.41. The fourth-order valence-electron chi connectivity index (χ4n) is 2.13. The molecule has 122 valence electrons. The lowest BCUT2D eigenvalue weighted by Gasteiger charge is -2.32. The molecular formula is C15H24BFN2O3. The van der Waals surface area contributed by atoms with Gasteiger partial charge in [-0.25, -0.2) is 4.39 Å². The fourth-order valence-corrected chi connectivity index (χ4v) is 2.13. The van der Waals surface area contributed by atoms with Crippen molar-refractivity contribution in [3.8, 4) is 0 Å². The first-order valence-corrected chi connectivity index (χ1v) is 7.41. The molecule has 0 atom stereocenters. The zero-order valence-electron chi connectivity index (χ0n) is 14.1. The number of hydrogen-bond donors (Lipinski definition) is 0. The molecule has 22 heavy (non-hydrogen) atoms. The van der Waals surface area contributed by atoms with Crippen molar-refractivity contribution in [1.82, 2.24) is 9.78 Å². The summed E-state index contributed by atoms with van der Waals surface area (Å²) in [4.78, 5) is 0. The van der Waals surface area contributed by atoms with Crippen molar-refractivity contribution in [1.29, 1.82) is 0 Å². The lowest BCUT2D eigenvalue weighted by atomic mass is 9.84. The van der Waals surface area contributed by atoms with Crippen LogP contribution in [0.3, 0.4) is 0 Å². The van der Waals surface area contributed by atoms with Crippen LogP contribution < -0.4 is 0 Å². The van der Waals surface area contributed by atoms with Gasteiger partial charge in [0, 0.05) is 18.9 Å². The Morgan fingerprint density at radius 1 is 1.32 bits per heavy atom. The molecule has 2 rings (SSSR count). The highest BCUT2D eigenvalue weighted by molar-refractivity contribution is 6.55. The molecule has 0 radical (unpaired) electrons. The molecule has 1 fully saturated rings. The Bertz CT molecular complexity index is 553. The van der Waals surface area contributed by atoms with Crippen molar-refractivity contribution in [3.05, 3.63) is 23.7 Å². The predicted molar refractivity (Wildman–Crippen MR) is 83.9 cm³/mol. The van der Waals surface area contributed by atoms with E-state index in [0.717, 1.165) is 0 Å². The Hall–Kier alpha value is -1.18. The second-order valence-corrected chi connectivity index (χ2v) is 6.55. The lowest BCUT2D eigenvalue weighted by molar-refractivity contribution is 0.00578. The highest BCUT2D eigenvalue weighted by Gasteiger charge is 2.53. The highest BCUT2D eigenvalue weighted by atomic mass is 19.1. The summed E-state index contributed by atoms with van der Waals surface area (Å²) >= 11 is 0. The van der Waals surface area contributed by atoms with Crippen molar-refractivity contribution in [2.24, 2.45) is 0 Å². The van der Waals surface area contributed by atoms with Crippen LogP contribution in [0.5, 0.6) is 0 Å². The average molecular weight is 310 g/mol. The van der Waals surface area contributed by atoms with Crippen LogP contribution in [0.1, 0.15) is 40.2 Å². The largest absolute Gasteiger partial charge is 0.525 e. The normalized spacial score (nSPS) is 21.1. The van der Waals surface area contributed by atoms with Gasteiger partial charge >= 0.3 is 7.12 Å². The van der Waals surface area contributed by atoms with Crippen LogP contribution in [0.4, 0.5) is 4.39 Å². The minimum atomic E-state index is -0.979. The number of nitrogens with zero attached hydrogens (tertiary/aromatic N) is 2. The summed E-state index contributed by atoms with van der Waals surface area (Å²) in [5, 5.41) is 4.20. The maximum atomic E-state index is 14.7. The highest BCUT2D eigenvalue weighted by Crippen LogP contribution is 2.40. The second kappa shape index (κ2) is 6.14. The smallest absolute Gasteiger partial charge is 0.398 e. The van der Waals surface area contributed by atoms with Crippen molar-refractivity contribution in [2.45, 2.75) is 52.4 Å². The number of ether oxygens (including phenoxy) is 1. The molecule has 0 amide bonds. The van der Waals surface area contributed by atoms with Crippen molar-refractivity contribution in [3.63, 3.8) is 0 Å². The van der Waals surface area contributed by atoms with E-state index < -0.39 is 24.0 Å². The van der Waals surface area contributed by atoms with Crippen molar-refractivity contribution >= 4 is 12.7 Å². The van der Waals surface area contributed by atoms with Crippen LogP contribution in [-0.4, -0.2) is 41.8 Å². The van der Waals surface area contributed by atoms with Gasteiger partial charge in [-0.1, -0.05) is 0 Å². The van der Waals surface area contributed by atoms with E-state index in [1.165, 1.54) is 0 Å². The predicted octanol–water partition coefficient (Wildman–Crippen LogP) is 2.86. The molecule has 1 aliphatic heterocycles. The molecule has 1 saturated heterocycles. The minimum Gasteiger partial charge on any atom is -0.398 e. The number of rotatable bonds is 5. The van der Waals surface area contributed by atoms with Crippen LogP contribution >= 0.6 is 0 Å². The molecule has 5 nitrogen and oxygen atoms in total. The van der Waals surface area contributed by atoms with Gasteiger partial charge < -0.3 is 14.0 Å². The zero-order valence-corrected chi connectivity index (χ0v) is 14.1. The molecular weight excluding hydrogens is 286 g/mol. The standard InChI is InChI=1S/C15H24BFN2O3/c1-11(12-9-18-19(10-12)7-8-20-6)13(17)16-21-14(2,3)15(4,5)22-16/h9-10H,7-8H2,1-6H3. The Morgan fingerprint density at radius 3 is 2.45 bits per heavy atom. The topological polar surface area (TPSA) is 45.5 Å². The average Bonchev–Trinajstić information content (AvgIpc) is 2.98. The Balaban J connectivity index is 2.18. The summed E-state index contributed by atoms with van der Waals surface area (Å²) in [5.41, 5.74) is -0.342. The maximum absolute atomic E-state index is 14.7. The third-order valence-electron chi connectivity index (χ3n) is 4.41. The lowest BCUT2D eigenvalue weighted by Crippen LogP contribution is -2.41. The summed E-state index contributed by atoms with van der Waals surface area (Å²) in [5.74, 6) is 0. The summed E-state index contributed by atoms with van der Waals surface area (Å²) < 4.78 is 32.9. The van der Waals surface area contributed by atoms with E-state index in [4.69, 9.17) is 14.0 Å². The molecule has 1 aromatic heterocycles.